The number of benzene rings is 1. The zero-order valence-electron chi connectivity index (χ0n) is 19.3. The molecule has 0 unspecified atom stereocenters. The molecule has 3 rings (SSSR count). The van der Waals surface area contributed by atoms with E-state index in [2.05, 4.69) is 31.4 Å². The number of nitrogens with zero attached hydrogens (tertiary/aromatic N) is 2. The number of amides is 1. The van der Waals surface area contributed by atoms with Crippen LogP contribution in [0.1, 0.15) is 65.5 Å². The molecule has 1 amide bonds. The zero-order valence-corrected chi connectivity index (χ0v) is 20.1. The number of hydrogen-bond acceptors (Lipinski definition) is 6. The molecule has 4 N–H and O–H groups in total. The van der Waals surface area contributed by atoms with E-state index in [0.29, 0.717) is 0 Å². The van der Waals surface area contributed by atoms with Crippen molar-refractivity contribution in [2.24, 2.45) is 5.14 Å². The summed E-state index contributed by atoms with van der Waals surface area (Å²) in [6.45, 7) is 9.99. The summed E-state index contributed by atoms with van der Waals surface area (Å²) in [6, 6.07) is 8.34. The molecule has 0 radical (unpaired) electrons. The Morgan fingerprint density at radius 3 is 2.44 bits per heavy atom. The van der Waals surface area contributed by atoms with E-state index in [1.807, 2.05) is 24.6 Å². The lowest BCUT2D eigenvalue weighted by molar-refractivity contribution is 0.0981. The summed E-state index contributed by atoms with van der Waals surface area (Å²) in [7, 11) is -3.74. The van der Waals surface area contributed by atoms with E-state index in [1.54, 1.807) is 12.1 Å². The van der Waals surface area contributed by atoms with Gasteiger partial charge in [-0.15, -0.1) is 0 Å². The molecular formula is C22H33N5O4S. The van der Waals surface area contributed by atoms with Crippen molar-refractivity contribution in [3.05, 3.63) is 36.0 Å². The van der Waals surface area contributed by atoms with E-state index in [4.69, 9.17) is 15.0 Å². The minimum Gasteiger partial charge on any atom is -0.446 e. The maximum Gasteiger partial charge on any atom is 0.407 e. The van der Waals surface area contributed by atoms with Crippen LogP contribution in [-0.4, -0.2) is 36.4 Å². The zero-order chi connectivity index (χ0) is 23.7. The molecule has 1 aliphatic carbocycles. The Balaban J connectivity index is 1.76. The van der Waals surface area contributed by atoms with E-state index in [0.717, 1.165) is 36.5 Å². The summed E-state index contributed by atoms with van der Waals surface area (Å²) in [5.41, 5.74) is 1.40. The van der Waals surface area contributed by atoms with Crippen LogP contribution in [0.4, 0.5) is 16.3 Å². The van der Waals surface area contributed by atoms with Gasteiger partial charge < -0.3 is 15.4 Å². The maximum absolute atomic E-state index is 11.9. The number of nitrogens with one attached hydrogen (secondary N) is 2. The van der Waals surface area contributed by atoms with Crippen molar-refractivity contribution in [2.45, 2.75) is 82.4 Å². The highest BCUT2D eigenvalue weighted by atomic mass is 32.2. The fourth-order valence-electron chi connectivity index (χ4n) is 3.81. The molecule has 0 spiro atoms. The van der Waals surface area contributed by atoms with Crippen molar-refractivity contribution in [3.8, 4) is 0 Å². The van der Waals surface area contributed by atoms with Crippen molar-refractivity contribution in [1.82, 2.24) is 15.1 Å². The molecule has 1 saturated carbocycles. The first kappa shape index (κ1) is 24.1. The predicted molar refractivity (Wildman–Crippen MR) is 123 cm³/mol. The molecule has 9 nitrogen and oxygen atoms in total. The van der Waals surface area contributed by atoms with Gasteiger partial charge in [0.1, 0.15) is 11.9 Å². The van der Waals surface area contributed by atoms with Gasteiger partial charge in [0.05, 0.1) is 16.1 Å². The van der Waals surface area contributed by atoms with Gasteiger partial charge in [0, 0.05) is 23.7 Å². The fraction of sp³-hybridized carbons (Fsp3) is 0.545. The number of hydrogen-bond donors (Lipinski definition) is 3. The lowest BCUT2D eigenvalue weighted by atomic mass is 10.0. The van der Waals surface area contributed by atoms with E-state index >= 15 is 0 Å². The summed E-state index contributed by atoms with van der Waals surface area (Å²) in [5, 5.41) is 16.1. The second-order valence-corrected chi connectivity index (χ2v) is 11.1. The standard InChI is InChI=1S/C22H33N5O4S/c1-14(2)24-21(28)31-17-9-6-15(12-17)19-13-20(27(26-19)22(3,4)5)25-16-7-10-18(11-8-16)32(23,29)30/h7-8,10-11,13-15,17,25H,6,9,12H2,1-5H3,(H,24,28)(H2,23,29,30)/t15-,17+/m0/s1. The van der Waals surface area contributed by atoms with E-state index in [1.165, 1.54) is 12.1 Å². The molecule has 2 aromatic rings. The van der Waals surface area contributed by atoms with Crippen LogP contribution in [0.2, 0.25) is 0 Å². The number of alkyl carbamates (subject to hydrolysis) is 1. The normalized spacial score (nSPS) is 19.2. The van der Waals surface area contributed by atoms with Crippen LogP contribution in [0.3, 0.4) is 0 Å². The lowest BCUT2D eigenvalue weighted by Crippen LogP contribution is -2.33. The third-order valence-electron chi connectivity index (χ3n) is 5.30. The van der Waals surface area contributed by atoms with Gasteiger partial charge in [0.15, 0.2) is 0 Å². The molecule has 1 aromatic heterocycles. The van der Waals surface area contributed by atoms with Gasteiger partial charge in [-0.3, -0.25) is 0 Å². The van der Waals surface area contributed by atoms with Crippen molar-refractivity contribution in [1.29, 1.82) is 0 Å². The molecule has 0 bridgehead atoms. The highest BCUT2D eigenvalue weighted by Crippen LogP contribution is 2.38. The summed E-state index contributed by atoms with van der Waals surface area (Å²) in [6.07, 6.45) is 1.92. The van der Waals surface area contributed by atoms with Crippen LogP contribution in [0, 0.1) is 0 Å². The number of primary sulfonamides is 1. The Morgan fingerprint density at radius 1 is 1.22 bits per heavy atom. The SMILES string of the molecule is CC(C)NC(=O)O[C@@H]1CC[C@H](c2cc(Nc3ccc(S(N)(=O)=O)cc3)n(C(C)(C)C)n2)C1. The summed E-state index contributed by atoms with van der Waals surface area (Å²) in [5.74, 6) is 0.999. The Morgan fingerprint density at radius 2 is 1.88 bits per heavy atom. The maximum atomic E-state index is 11.9. The molecular weight excluding hydrogens is 430 g/mol. The molecule has 1 aromatic carbocycles. The van der Waals surface area contributed by atoms with Crippen LogP contribution in [0.15, 0.2) is 35.2 Å². The predicted octanol–water partition coefficient (Wildman–Crippen LogP) is 3.80. The van der Waals surface area contributed by atoms with Gasteiger partial charge >= 0.3 is 6.09 Å². The van der Waals surface area contributed by atoms with Crippen molar-refractivity contribution >= 4 is 27.6 Å². The topological polar surface area (TPSA) is 128 Å². The first-order chi connectivity index (χ1) is 14.8. The number of rotatable bonds is 6. The van der Waals surface area contributed by atoms with Gasteiger partial charge in [0.25, 0.3) is 0 Å². The molecule has 32 heavy (non-hydrogen) atoms. The van der Waals surface area contributed by atoms with Gasteiger partial charge in [-0.05, 0) is 78.1 Å². The fourth-order valence-corrected chi connectivity index (χ4v) is 4.33. The van der Waals surface area contributed by atoms with Crippen LogP contribution in [-0.2, 0) is 20.3 Å². The van der Waals surface area contributed by atoms with Gasteiger partial charge in [-0.25, -0.2) is 23.0 Å². The van der Waals surface area contributed by atoms with Gasteiger partial charge in [0.2, 0.25) is 10.0 Å². The van der Waals surface area contributed by atoms with Gasteiger partial charge in [-0.1, -0.05) is 0 Å². The van der Waals surface area contributed by atoms with Crippen LogP contribution >= 0.6 is 0 Å². The molecule has 0 saturated heterocycles. The quantitative estimate of drug-likeness (QED) is 0.598. The number of anilines is 2. The lowest BCUT2D eigenvalue weighted by Gasteiger charge is -2.23. The number of carbonyl (C=O) groups excluding carboxylic acids is 1. The van der Waals surface area contributed by atoms with Gasteiger partial charge in [-0.2, -0.15) is 5.10 Å². The van der Waals surface area contributed by atoms with Crippen LogP contribution in [0.5, 0.6) is 0 Å². The third kappa shape index (κ3) is 6.01. The van der Waals surface area contributed by atoms with Crippen molar-refractivity contribution < 1.29 is 17.9 Å². The number of aromatic nitrogens is 2. The average Bonchev–Trinajstić information content (AvgIpc) is 3.27. The Labute approximate surface area is 189 Å². The number of sulfonamides is 1. The molecule has 1 aliphatic rings. The summed E-state index contributed by atoms with van der Waals surface area (Å²) in [4.78, 5) is 12.0. The largest absolute Gasteiger partial charge is 0.446 e. The molecule has 2 atom stereocenters. The van der Waals surface area contributed by atoms with Crippen molar-refractivity contribution in [2.75, 3.05) is 5.32 Å². The minimum atomic E-state index is -3.74. The first-order valence-electron chi connectivity index (χ1n) is 10.8. The van der Waals surface area contributed by atoms with Crippen LogP contribution < -0.4 is 15.8 Å². The van der Waals surface area contributed by atoms with E-state index in [9.17, 15) is 13.2 Å². The van der Waals surface area contributed by atoms with E-state index in [-0.39, 0.29) is 34.6 Å². The number of carbonyl (C=O) groups is 1. The first-order valence-corrected chi connectivity index (χ1v) is 12.3. The average molecular weight is 464 g/mol. The highest BCUT2D eigenvalue weighted by molar-refractivity contribution is 7.89. The van der Waals surface area contributed by atoms with E-state index < -0.39 is 10.0 Å². The van der Waals surface area contributed by atoms with Crippen molar-refractivity contribution in [3.63, 3.8) is 0 Å². The monoisotopic (exact) mass is 463 g/mol. The number of nitrogens with two attached hydrogens (primary N) is 1. The third-order valence-corrected chi connectivity index (χ3v) is 6.23. The summed E-state index contributed by atoms with van der Waals surface area (Å²) < 4.78 is 30.5. The molecule has 10 heteroatoms. The smallest absolute Gasteiger partial charge is 0.407 e. The Hall–Kier alpha value is -2.59. The molecule has 1 fully saturated rings. The van der Waals surface area contributed by atoms with Crippen LogP contribution in [0.25, 0.3) is 0 Å². The molecule has 176 valence electrons. The Bertz CT molecular complexity index is 1050. The summed E-state index contributed by atoms with van der Waals surface area (Å²) >= 11 is 0. The second-order valence-electron chi connectivity index (χ2n) is 9.57. The second kappa shape index (κ2) is 9.11. The Kier molecular flexibility index (Phi) is 6.85. The highest BCUT2D eigenvalue weighted by Gasteiger charge is 2.32. The molecule has 0 aliphatic heterocycles. The molecule has 1 heterocycles. The number of ether oxygens (including phenoxy) is 1. The minimum absolute atomic E-state index is 0.0369.